The first-order valence-electron chi connectivity index (χ1n) is 4.70. The van der Waals surface area contributed by atoms with Crippen molar-refractivity contribution >= 4 is 34.8 Å². The predicted octanol–water partition coefficient (Wildman–Crippen LogP) is 2.24. The van der Waals surface area contributed by atoms with Crippen LogP contribution >= 0.6 is 22.9 Å². The number of halogens is 1. The first-order valence-corrected chi connectivity index (χ1v) is 5.96. The van der Waals surface area contributed by atoms with Crippen LogP contribution in [0.5, 0.6) is 0 Å². The molecule has 1 aromatic heterocycles. The Morgan fingerprint density at radius 2 is 2.12 bits per heavy atom. The van der Waals surface area contributed by atoms with E-state index in [0.29, 0.717) is 9.90 Å². The minimum Gasteiger partial charge on any atom is -0.480 e. The summed E-state index contributed by atoms with van der Waals surface area (Å²) >= 11 is 6.97. The van der Waals surface area contributed by atoms with Crippen molar-refractivity contribution in [2.24, 2.45) is 5.92 Å². The molecule has 0 aliphatic carbocycles. The third-order valence-electron chi connectivity index (χ3n) is 2.04. The van der Waals surface area contributed by atoms with Crippen molar-refractivity contribution in [3.8, 4) is 0 Å². The molecule has 1 unspecified atom stereocenters. The van der Waals surface area contributed by atoms with Crippen LogP contribution in [0.2, 0.25) is 5.02 Å². The van der Waals surface area contributed by atoms with Crippen LogP contribution in [0, 0.1) is 5.92 Å². The van der Waals surface area contributed by atoms with Gasteiger partial charge in [0.25, 0.3) is 5.91 Å². The number of carboxylic acid groups (broad SMARTS) is 1. The molecule has 0 aliphatic rings. The fourth-order valence-corrected chi connectivity index (χ4v) is 2.22. The molecule has 0 saturated carbocycles. The maximum atomic E-state index is 11.7. The third-order valence-corrected chi connectivity index (χ3v) is 3.38. The Bertz CT molecular complexity index is 403. The van der Waals surface area contributed by atoms with Crippen molar-refractivity contribution in [1.82, 2.24) is 5.32 Å². The van der Waals surface area contributed by atoms with Crippen molar-refractivity contribution in [1.29, 1.82) is 0 Å². The summed E-state index contributed by atoms with van der Waals surface area (Å²) in [4.78, 5) is 22.9. The zero-order valence-electron chi connectivity index (χ0n) is 8.86. The van der Waals surface area contributed by atoms with Crippen LogP contribution in [0.15, 0.2) is 11.4 Å². The van der Waals surface area contributed by atoms with E-state index in [-0.39, 0.29) is 5.92 Å². The lowest BCUT2D eigenvalue weighted by molar-refractivity contribution is -0.140. The smallest absolute Gasteiger partial charge is 0.326 e. The molecule has 88 valence electrons. The van der Waals surface area contributed by atoms with E-state index in [1.807, 2.05) is 0 Å². The Kier molecular flexibility index (Phi) is 4.32. The quantitative estimate of drug-likeness (QED) is 0.874. The molecule has 1 rings (SSSR count). The average molecular weight is 262 g/mol. The van der Waals surface area contributed by atoms with Crippen LogP contribution in [-0.4, -0.2) is 23.0 Å². The summed E-state index contributed by atoms with van der Waals surface area (Å²) in [6.45, 7) is 3.46. The van der Waals surface area contributed by atoms with Gasteiger partial charge in [-0.05, 0) is 17.4 Å². The fourth-order valence-electron chi connectivity index (χ4n) is 1.18. The monoisotopic (exact) mass is 261 g/mol. The van der Waals surface area contributed by atoms with Gasteiger partial charge in [0.05, 0.1) is 5.02 Å². The maximum Gasteiger partial charge on any atom is 0.326 e. The highest BCUT2D eigenvalue weighted by atomic mass is 35.5. The second-order valence-electron chi connectivity index (χ2n) is 3.63. The Labute approximate surface area is 102 Å². The van der Waals surface area contributed by atoms with E-state index in [2.05, 4.69) is 5.32 Å². The van der Waals surface area contributed by atoms with Crippen molar-refractivity contribution in [3.63, 3.8) is 0 Å². The van der Waals surface area contributed by atoms with Gasteiger partial charge in [-0.3, -0.25) is 4.79 Å². The first kappa shape index (κ1) is 13.0. The molecule has 0 bridgehead atoms. The summed E-state index contributed by atoms with van der Waals surface area (Å²) in [5.41, 5.74) is 0. The Balaban J connectivity index is 2.77. The number of hydrogen-bond donors (Lipinski definition) is 2. The van der Waals surface area contributed by atoms with Gasteiger partial charge in [-0.2, -0.15) is 0 Å². The second kappa shape index (κ2) is 5.32. The first-order chi connectivity index (χ1) is 7.43. The lowest BCUT2D eigenvalue weighted by Gasteiger charge is -2.17. The molecule has 0 saturated heterocycles. The number of rotatable bonds is 4. The summed E-state index contributed by atoms with van der Waals surface area (Å²) in [7, 11) is 0. The summed E-state index contributed by atoms with van der Waals surface area (Å²) in [5, 5.41) is 13.4. The van der Waals surface area contributed by atoms with Gasteiger partial charge in [-0.1, -0.05) is 25.4 Å². The standard InChI is InChI=1S/C10H12ClNO3S/c1-5(2)7(10(14)15)12-9(13)8-6(11)3-4-16-8/h3-5,7H,1-2H3,(H,12,13)(H,14,15). The van der Waals surface area contributed by atoms with E-state index in [1.165, 1.54) is 11.3 Å². The molecule has 0 aromatic carbocycles. The zero-order valence-corrected chi connectivity index (χ0v) is 10.4. The van der Waals surface area contributed by atoms with Crippen molar-refractivity contribution in [2.75, 3.05) is 0 Å². The molecule has 1 amide bonds. The topological polar surface area (TPSA) is 66.4 Å². The van der Waals surface area contributed by atoms with E-state index in [9.17, 15) is 9.59 Å². The number of carboxylic acids is 1. The van der Waals surface area contributed by atoms with Gasteiger partial charge in [-0.15, -0.1) is 11.3 Å². The van der Waals surface area contributed by atoms with Gasteiger partial charge in [0.1, 0.15) is 10.9 Å². The SMILES string of the molecule is CC(C)C(NC(=O)c1sccc1Cl)C(=O)O. The number of hydrogen-bond acceptors (Lipinski definition) is 3. The van der Waals surface area contributed by atoms with Gasteiger partial charge in [0.15, 0.2) is 0 Å². The average Bonchev–Trinajstić information content (AvgIpc) is 2.59. The molecular weight excluding hydrogens is 250 g/mol. The van der Waals surface area contributed by atoms with E-state index >= 15 is 0 Å². The number of nitrogens with one attached hydrogen (secondary N) is 1. The molecule has 0 aliphatic heterocycles. The summed E-state index contributed by atoms with van der Waals surface area (Å²) < 4.78 is 0. The molecule has 0 radical (unpaired) electrons. The van der Waals surface area contributed by atoms with E-state index in [1.54, 1.807) is 25.3 Å². The molecule has 1 atom stereocenters. The van der Waals surface area contributed by atoms with Gasteiger partial charge >= 0.3 is 5.97 Å². The van der Waals surface area contributed by atoms with E-state index < -0.39 is 17.9 Å². The minimum absolute atomic E-state index is 0.180. The van der Waals surface area contributed by atoms with Crippen molar-refractivity contribution in [3.05, 3.63) is 21.3 Å². The van der Waals surface area contributed by atoms with E-state index in [4.69, 9.17) is 16.7 Å². The molecule has 1 heterocycles. The van der Waals surface area contributed by atoms with Gasteiger partial charge in [-0.25, -0.2) is 4.79 Å². The Morgan fingerprint density at radius 1 is 1.50 bits per heavy atom. The fraction of sp³-hybridized carbons (Fsp3) is 0.400. The number of carbonyl (C=O) groups is 2. The summed E-state index contributed by atoms with van der Waals surface area (Å²) in [5.74, 6) is -1.67. The highest BCUT2D eigenvalue weighted by Gasteiger charge is 2.25. The molecule has 0 spiro atoms. The molecule has 16 heavy (non-hydrogen) atoms. The molecule has 0 fully saturated rings. The van der Waals surface area contributed by atoms with Crippen molar-refractivity contribution in [2.45, 2.75) is 19.9 Å². The van der Waals surface area contributed by atoms with Gasteiger partial charge in [0, 0.05) is 0 Å². The largest absolute Gasteiger partial charge is 0.480 e. The number of aliphatic carboxylic acids is 1. The van der Waals surface area contributed by atoms with E-state index in [0.717, 1.165) is 0 Å². The zero-order chi connectivity index (χ0) is 12.3. The second-order valence-corrected chi connectivity index (χ2v) is 4.95. The Hall–Kier alpha value is -1.07. The van der Waals surface area contributed by atoms with Gasteiger partial charge in [0.2, 0.25) is 0 Å². The maximum absolute atomic E-state index is 11.7. The lowest BCUT2D eigenvalue weighted by Crippen LogP contribution is -2.44. The predicted molar refractivity (Wildman–Crippen MR) is 63.1 cm³/mol. The van der Waals surface area contributed by atoms with Crippen LogP contribution in [0.3, 0.4) is 0 Å². The highest BCUT2D eigenvalue weighted by Crippen LogP contribution is 2.22. The third kappa shape index (κ3) is 2.96. The van der Waals surface area contributed by atoms with Gasteiger partial charge < -0.3 is 10.4 Å². The van der Waals surface area contributed by atoms with Crippen LogP contribution in [0.4, 0.5) is 0 Å². The number of amides is 1. The molecule has 6 heteroatoms. The normalized spacial score (nSPS) is 12.5. The molecule has 1 aromatic rings. The van der Waals surface area contributed by atoms with Crippen molar-refractivity contribution < 1.29 is 14.7 Å². The summed E-state index contributed by atoms with van der Waals surface area (Å²) in [6.07, 6.45) is 0. The molecule has 2 N–H and O–H groups in total. The summed E-state index contributed by atoms with van der Waals surface area (Å²) in [6, 6.07) is 0.706. The Morgan fingerprint density at radius 3 is 2.50 bits per heavy atom. The number of thiophene rings is 1. The highest BCUT2D eigenvalue weighted by molar-refractivity contribution is 7.12. The number of carbonyl (C=O) groups excluding carboxylic acids is 1. The minimum atomic E-state index is -1.05. The van der Waals surface area contributed by atoms with Crippen LogP contribution in [-0.2, 0) is 4.79 Å². The van der Waals surface area contributed by atoms with Crippen LogP contribution in [0.1, 0.15) is 23.5 Å². The lowest BCUT2D eigenvalue weighted by atomic mass is 10.0. The molecular formula is C10H12ClNO3S. The van der Waals surface area contributed by atoms with Crippen LogP contribution < -0.4 is 5.32 Å². The van der Waals surface area contributed by atoms with Crippen LogP contribution in [0.25, 0.3) is 0 Å². The molecule has 4 nitrogen and oxygen atoms in total.